The van der Waals surface area contributed by atoms with Crippen molar-refractivity contribution in [1.29, 1.82) is 0 Å². The van der Waals surface area contributed by atoms with Crippen molar-refractivity contribution in [2.45, 2.75) is 78.7 Å². The minimum Gasteiger partial charge on any atom is -0.492 e. The van der Waals surface area contributed by atoms with E-state index in [0.29, 0.717) is 54.2 Å². The fraction of sp³-hybridized carbons (Fsp3) is 0.440. The highest BCUT2D eigenvalue weighted by molar-refractivity contribution is 7.85. The molecule has 5 N–H and O–H groups in total. The predicted octanol–water partition coefficient (Wildman–Crippen LogP) is 4.23. The summed E-state index contributed by atoms with van der Waals surface area (Å²) in [5.41, 5.74) is 4.88. The second kappa shape index (κ2) is 24.1. The van der Waals surface area contributed by atoms with Gasteiger partial charge in [-0.25, -0.2) is 9.37 Å². The van der Waals surface area contributed by atoms with Gasteiger partial charge in [0.2, 0.25) is 34.8 Å². The topological polar surface area (TPSA) is 244 Å². The highest BCUT2D eigenvalue weighted by Crippen LogP contribution is 2.42. The molecule has 19 nitrogen and oxygen atoms in total. The van der Waals surface area contributed by atoms with E-state index in [1.54, 1.807) is 9.80 Å². The number of rotatable bonds is 22. The summed E-state index contributed by atoms with van der Waals surface area (Å²) in [6, 6.07) is 20.8. The molecule has 70 heavy (non-hydrogen) atoms. The maximum atomic E-state index is 14.5. The quantitative estimate of drug-likeness (QED) is 0.0283. The Morgan fingerprint density at radius 3 is 2.11 bits per heavy atom. The Labute approximate surface area is 407 Å². The lowest BCUT2D eigenvalue weighted by Gasteiger charge is -2.35. The first-order valence-corrected chi connectivity index (χ1v) is 25.5. The molecular formula is C50H64N7O12S+. The molecule has 1 saturated heterocycles. The molecule has 1 unspecified atom stereocenters. The number of benzene rings is 3. The number of unbranched alkanes of at least 4 members (excludes halogenated alkanes) is 2. The van der Waals surface area contributed by atoms with Crippen LogP contribution in [0.4, 0.5) is 5.69 Å². The van der Waals surface area contributed by atoms with Gasteiger partial charge in [-0.2, -0.15) is 8.42 Å². The molecule has 0 saturated carbocycles. The summed E-state index contributed by atoms with van der Waals surface area (Å²) in [4.78, 5) is 76.0. The van der Waals surface area contributed by atoms with Gasteiger partial charge >= 0.3 is 5.97 Å². The van der Waals surface area contributed by atoms with Crippen LogP contribution in [0.5, 0.6) is 11.8 Å². The van der Waals surface area contributed by atoms with Crippen LogP contribution in [-0.4, -0.2) is 138 Å². The van der Waals surface area contributed by atoms with E-state index in [9.17, 15) is 47.2 Å². The van der Waals surface area contributed by atoms with Gasteiger partial charge in [-0.3, -0.25) is 23.7 Å². The van der Waals surface area contributed by atoms with Crippen LogP contribution < -0.4 is 30.3 Å². The van der Waals surface area contributed by atoms with E-state index in [0.717, 1.165) is 71.4 Å². The number of nitrogens with one attached hydrogen (secondary N) is 2. The number of fused-ring (bicyclic) bond motifs is 2. The maximum Gasteiger partial charge on any atom is 0.333 e. The van der Waals surface area contributed by atoms with Crippen LogP contribution in [0.3, 0.4) is 0 Å². The second-order valence-electron chi connectivity index (χ2n) is 17.0. The predicted molar refractivity (Wildman–Crippen MR) is 264 cm³/mol. The summed E-state index contributed by atoms with van der Waals surface area (Å²) in [5, 5.41) is 25.9. The highest BCUT2D eigenvalue weighted by atomic mass is 32.2. The zero-order valence-electron chi connectivity index (χ0n) is 40.2. The molecule has 376 valence electrons. The lowest BCUT2D eigenvalue weighted by Crippen LogP contribution is -2.50. The van der Waals surface area contributed by atoms with Crippen molar-refractivity contribution in [3.63, 3.8) is 0 Å². The van der Waals surface area contributed by atoms with Gasteiger partial charge in [-0.15, -0.1) is 4.73 Å². The van der Waals surface area contributed by atoms with Gasteiger partial charge in [-0.1, -0.05) is 18.2 Å². The number of carbonyl (C=O) groups is 5. The van der Waals surface area contributed by atoms with E-state index in [4.69, 9.17) is 9.25 Å². The Hall–Kier alpha value is -6.93. The molecule has 1 fully saturated rings. The Morgan fingerprint density at radius 1 is 0.786 bits per heavy atom. The zero-order chi connectivity index (χ0) is 50.5. The molecule has 3 aliphatic rings. The summed E-state index contributed by atoms with van der Waals surface area (Å²) >= 11 is 0. The largest absolute Gasteiger partial charge is 0.492 e. The Morgan fingerprint density at radius 2 is 1.44 bits per heavy atom. The lowest BCUT2D eigenvalue weighted by atomic mass is 9.90. The number of aromatic hydroxyl groups is 2. The molecule has 2 aromatic carbocycles. The summed E-state index contributed by atoms with van der Waals surface area (Å²) in [6.45, 7) is 13.1. The van der Waals surface area contributed by atoms with Gasteiger partial charge in [0.25, 0.3) is 16.0 Å². The number of carbonyl (C=O) groups excluding carboxylic acids is 5. The highest BCUT2D eigenvalue weighted by Gasteiger charge is 2.29. The Bertz CT molecular complexity index is 2800. The third-order valence-corrected chi connectivity index (χ3v) is 13.2. The maximum absolute atomic E-state index is 14.5. The monoisotopic (exact) mass is 986 g/mol. The fourth-order valence-electron chi connectivity index (χ4n) is 8.70. The van der Waals surface area contributed by atoms with Crippen molar-refractivity contribution >= 4 is 56.4 Å². The van der Waals surface area contributed by atoms with Crippen LogP contribution in [0.15, 0.2) is 77.2 Å². The first kappa shape index (κ1) is 52.4. The lowest BCUT2D eigenvalue weighted by molar-refractivity contribution is -0.145. The molecule has 2 aliphatic heterocycles. The number of nitrogens with zero attached hydrogens (tertiary/aromatic N) is 5. The average molecular weight is 987 g/mol. The number of anilines is 1. The fourth-order valence-corrected chi connectivity index (χ4v) is 9.35. The number of piperazine rings is 1. The van der Waals surface area contributed by atoms with Gasteiger partial charge in [0.1, 0.15) is 36.2 Å². The van der Waals surface area contributed by atoms with Crippen LogP contribution in [0.2, 0.25) is 0 Å². The molecular weight excluding hydrogens is 923 g/mol. The standard InChI is InChI=1S/C50H63N7O12S/c1-5-53(6-2)34-20-22-38-41(31-34)68-42-32-35(54(7-3)8-4)21-23-39(42)48(38)36-15-9-10-16-37(36)50(64)56-29-27-55(28-30-56)44(59)18-12-11-17-43(58)52-40(33-70(65,66)67)49(63)51-26-14-13-19-47(62)69-57-45(60)24-25-46(57)61/h9-10,15-16,20-25,31-32,40H,5-8,11-14,17-19,26-30,33H2,1-4H3,(H4,51,52,58,63,64,65,66,67)/p+1. The number of hydrogen-bond acceptors (Lipinski definition) is 12. The SMILES string of the molecule is CCN(CC)c1ccc2c(-c3ccccc3C(=O)N3CCN(C(=O)CCCCC(=O)NC(CS(=O)(=O)O)C(=O)NCCCCC(=O)On4c(O)ccc4O)CC3)c3ccc(=[N+](CC)CC)cc-3oc2c1. The Balaban J connectivity index is 1.02. The summed E-state index contributed by atoms with van der Waals surface area (Å²) < 4.78 is 42.3. The Kier molecular flexibility index (Phi) is 18.0. The van der Waals surface area contributed by atoms with E-state index in [1.165, 1.54) is 0 Å². The zero-order valence-corrected chi connectivity index (χ0v) is 41.0. The molecule has 3 heterocycles. The van der Waals surface area contributed by atoms with Crippen LogP contribution >= 0.6 is 0 Å². The molecule has 20 heteroatoms. The summed E-state index contributed by atoms with van der Waals surface area (Å²) in [6.07, 6.45) is 0.937. The molecule has 4 amide bonds. The third-order valence-electron chi connectivity index (χ3n) is 12.5. The van der Waals surface area contributed by atoms with E-state index in [2.05, 4.69) is 84.2 Å². The molecule has 1 aliphatic carbocycles. The van der Waals surface area contributed by atoms with Crippen molar-refractivity contribution < 1.29 is 56.4 Å². The van der Waals surface area contributed by atoms with Crippen molar-refractivity contribution in [1.82, 2.24) is 29.7 Å². The second-order valence-corrected chi connectivity index (χ2v) is 18.5. The van der Waals surface area contributed by atoms with Gasteiger partial charge in [0.05, 0.1) is 6.07 Å². The molecule has 6 rings (SSSR count). The van der Waals surface area contributed by atoms with Gasteiger partial charge < -0.3 is 44.8 Å². The number of aromatic nitrogens is 1. The normalized spacial score (nSPS) is 13.3. The minimum atomic E-state index is -4.67. The molecule has 0 radical (unpaired) electrons. The minimum absolute atomic E-state index is 0.00223. The van der Waals surface area contributed by atoms with Crippen LogP contribution in [0, 0.1) is 0 Å². The van der Waals surface area contributed by atoms with Crippen molar-refractivity contribution in [3.05, 3.63) is 83.7 Å². The van der Waals surface area contributed by atoms with Crippen LogP contribution in [0.1, 0.15) is 83.0 Å². The molecule has 3 aromatic rings. The first-order valence-electron chi connectivity index (χ1n) is 23.9. The smallest absolute Gasteiger partial charge is 0.333 e. The van der Waals surface area contributed by atoms with Gasteiger partial charge in [0.15, 0.2) is 0 Å². The molecule has 1 atom stereocenters. The first-order chi connectivity index (χ1) is 33.5. The van der Waals surface area contributed by atoms with Crippen molar-refractivity contribution in [2.75, 3.05) is 69.6 Å². The van der Waals surface area contributed by atoms with E-state index >= 15 is 0 Å². The van der Waals surface area contributed by atoms with Crippen molar-refractivity contribution in [3.8, 4) is 34.2 Å². The molecule has 0 bridgehead atoms. The number of amides is 4. The number of hydrogen-bond donors (Lipinski definition) is 5. The van der Waals surface area contributed by atoms with Gasteiger partial charge in [-0.05, 0) is 83.2 Å². The van der Waals surface area contributed by atoms with Gasteiger partial charge in [0, 0.05) is 117 Å². The summed E-state index contributed by atoms with van der Waals surface area (Å²) in [5.74, 6) is -3.86. The summed E-state index contributed by atoms with van der Waals surface area (Å²) in [7, 11) is -4.67. The molecule has 1 aromatic heterocycles. The van der Waals surface area contributed by atoms with Crippen molar-refractivity contribution in [2.24, 2.45) is 0 Å². The van der Waals surface area contributed by atoms with Crippen LogP contribution in [0.25, 0.3) is 33.4 Å². The average Bonchev–Trinajstić information content (AvgIpc) is 3.66. The van der Waals surface area contributed by atoms with E-state index in [1.807, 2.05) is 24.3 Å². The third kappa shape index (κ3) is 13.2. The molecule has 0 spiro atoms. The van der Waals surface area contributed by atoms with Crippen LogP contribution in [-0.2, 0) is 29.3 Å². The van der Waals surface area contributed by atoms with E-state index < -0.39 is 51.5 Å². The van der Waals surface area contributed by atoms with E-state index in [-0.39, 0.29) is 56.9 Å².